The van der Waals surface area contributed by atoms with Crippen LogP contribution in [0.4, 0.5) is 0 Å². The van der Waals surface area contributed by atoms with Crippen LogP contribution in [0.2, 0.25) is 5.02 Å². The van der Waals surface area contributed by atoms with Crippen molar-refractivity contribution in [3.8, 4) is 23.3 Å². The Morgan fingerprint density at radius 2 is 2.14 bits per heavy atom. The van der Waals surface area contributed by atoms with Crippen LogP contribution in [-0.2, 0) is 0 Å². The first-order valence-corrected chi connectivity index (χ1v) is 6.78. The summed E-state index contributed by atoms with van der Waals surface area (Å²) >= 11 is 11.5. The standard InChI is InChI=1S/C14H8ClN5S/c15-10-5-4-9(8-16)7-12(10)20-13(18-19-14(20)21)11-3-1-2-6-17-11/h1-7H,(H,19,21). The molecular weight excluding hydrogens is 306 g/mol. The third kappa shape index (κ3) is 2.44. The Bertz CT molecular complexity index is 892. The van der Waals surface area contributed by atoms with Gasteiger partial charge < -0.3 is 0 Å². The van der Waals surface area contributed by atoms with Crippen molar-refractivity contribution >= 4 is 23.8 Å². The second kappa shape index (κ2) is 5.48. The maximum absolute atomic E-state index is 9.04. The van der Waals surface area contributed by atoms with Crippen molar-refractivity contribution in [3.63, 3.8) is 0 Å². The number of nitrogens with zero attached hydrogens (tertiary/aromatic N) is 4. The highest BCUT2D eigenvalue weighted by Crippen LogP contribution is 2.26. The molecule has 3 rings (SSSR count). The van der Waals surface area contributed by atoms with Gasteiger partial charge in [0.2, 0.25) is 0 Å². The first-order valence-electron chi connectivity index (χ1n) is 5.99. The molecule has 0 atom stereocenters. The highest BCUT2D eigenvalue weighted by molar-refractivity contribution is 7.71. The van der Waals surface area contributed by atoms with Crippen LogP contribution in [0.25, 0.3) is 17.2 Å². The Hall–Kier alpha value is -2.49. The van der Waals surface area contributed by atoms with Crippen LogP contribution < -0.4 is 0 Å². The minimum Gasteiger partial charge on any atom is -0.265 e. The summed E-state index contributed by atoms with van der Waals surface area (Å²) < 4.78 is 2.05. The van der Waals surface area contributed by atoms with Crippen molar-refractivity contribution in [1.29, 1.82) is 5.26 Å². The number of hydrogen-bond acceptors (Lipinski definition) is 4. The van der Waals surface area contributed by atoms with Gasteiger partial charge in [-0.2, -0.15) is 10.4 Å². The lowest BCUT2D eigenvalue weighted by atomic mass is 10.2. The second-order valence-electron chi connectivity index (χ2n) is 4.18. The zero-order valence-corrected chi connectivity index (χ0v) is 12.2. The summed E-state index contributed by atoms with van der Waals surface area (Å²) in [5.74, 6) is 0.539. The molecule has 1 N–H and O–H groups in total. The first-order chi connectivity index (χ1) is 10.2. The lowest BCUT2D eigenvalue weighted by Gasteiger charge is -2.08. The molecule has 0 aliphatic heterocycles. The lowest BCUT2D eigenvalue weighted by molar-refractivity contribution is 1.03. The summed E-state index contributed by atoms with van der Waals surface area (Å²) in [6.07, 6.45) is 1.67. The van der Waals surface area contributed by atoms with E-state index in [4.69, 9.17) is 29.1 Å². The molecule has 102 valence electrons. The quantitative estimate of drug-likeness (QED) is 0.735. The number of nitrogens with one attached hydrogen (secondary N) is 1. The Balaban J connectivity index is 2.28. The van der Waals surface area contributed by atoms with Gasteiger partial charge in [0.1, 0.15) is 5.69 Å². The minimum atomic E-state index is 0.382. The van der Waals surface area contributed by atoms with Crippen molar-refractivity contribution in [2.24, 2.45) is 0 Å². The van der Waals surface area contributed by atoms with E-state index in [1.165, 1.54) is 0 Å². The molecule has 0 saturated heterocycles. The van der Waals surface area contributed by atoms with Crippen molar-refractivity contribution in [3.05, 3.63) is 58.0 Å². The molecule has 1 aromatic carbocycles. The maximum Gasteiger partial charge on any atom is 0.200 e. The Morgan fingerprint density at radius 1 is 1.29 bits per heavy atom. The van der Waals surface area contributed by atoms with E-state index in [0.29, 0.717) is 32.6 Å². The third-order valence-electron chi connectivity index (χ3n) is 2.88. The summed E-state index contributed by atoms with van der Waals surface area (Å²) in [6, 6.07) is 12.6. The number of aromatic amines is 1. The lowest BCUT2D eigenvalue weighted by Crippen LogP contribution is -2.00. The molecule has 3 aromatic rings. The predicted molar refractivity (Wildman–Crippen MR) is 81.7 cm³/mol. The highest BCUT2D eigenvalue weighted by Gasteiger charge is 2.14. The molecule has 2 heterocycles. The largest absolute Gasteiger partial charge is 0.265 e. The van der Waals surface area contributed by atoms with Crippen molar-refractivity contribution in [2.45, 2.75) is 0 Å². The fourth-order valence-corrected chi connectivity index (χ4v) is 2.37. The number of hydrogen-bond donors (Lipinski definition) is 1. The molecule has 0 aliphatic carbocycles. The summed E-state index contributed by atoms with van der Waals surface area (Å²) in [7, 11) is 0. The molecule has 0 bridgehead atoms. The van der Waals surface area contributed by atoms with E-state index in [2.05, 4.69) is 21.3 Å². The summed E-state index contributed by atoms with van der Waals surface area (Å²) in [6.45, 7) is 0. The topological polar surface area (TPSA) is 70.3 Å². The van der Waals surface area contributed by atoms with E-state index >= 15 is 0 Å². The van der Waals surface area contributed by atoms with E-state index in [9.17, 15) is 0 Å². The molecule has 0 fully saturated rings. The summed E-state index contributed by atoms with van der Waals surface area (Å²) in [5.41, 5.74) is 1.74. The molecule has 0 aliphatic rings. The van der Waals surface area contributed by atoms with Gasteiger partial charge in [-0.15, -0.1) is 0 Å². The van der Waals surface area contributed by atoms with E-state index in [1.54, 1.807) is 29.0 Å². The Morgan fingerprint density at radius 3 is 2.86 bits per heavy atom. The predicted octanol–water partition coefficient (Wildman–Crippen LogP) is 3.52. The van der Waals surface area contributed by atoms with Crippen LogP contribution in [-0.4, -0.2) is 19.7 Å². The van der Waals surface area contributed by atoms with Crippen molar-refractivity contribution < 1.29 is 0 Å². The van der Waals surface area contributed by atoms with Crippen LogP contribution in [0.15, 0.2) is 42.6 Å². The fraction of sp³-hybridized carbons (Fsp3) is 0. The van der Waals surface area contributed by atoms with Gasteiger partial charge in [-0.25, -0.2) is 0 Å². The molecule has 0 spiro atoms. The van der Waals surface area contributed by atoms with Gasteiger partial charge in [0, 0.05) is 6.20 Å². The van der Waals surface area contributed by atoms with E-state index < -0.39 is 0 Å². The van der Waals surface area contributed by atoms with Gasteiger partial charge in [0.05, 0.1) is 22.3 Å². The molecule has 5 nitrogen and oxygen atoms in total. The van der Waals surface area contributed by atoms with Gasteiger partial charge in [-0.05, 0) is 42.5 Å². The van der Waals surface area contributed by atoms with Gasteiger partial charge in [0.25, 0.3) is 0 Å². The van der Waals surface area contributed by atoms with Crippen molar-refractivity contribution in [1.82, 2.24) is 19.7 Å². The van der Waals surface area contributed by atoms with Gasteiger partial charge in [-0.1, -0.05) is 17.7 Å². The second-order valence-corrected chi connectivity index (χ2v) is 4.97. The number of H-pyrrole nitrogens is 1. The number of aromatic nitrogens is 4. The van der Waals surface area contributed by atoms with Gasteiger partial charge in [-0.3, -0.25) is 14.6 Å². The van der Waals surface area contributed by atoms with E-state index in [1.807, 2.05) is 18.2 Å². The number of nitriles is 1. The van der Waals surface area contributed by atoms with E-state index in [0.717, 1.165) is 0 Å². The monoisotopic (exact) mass is 313 g/mol. The van der Waals surface area contributed by atoms with Gasteiger partial charge in [0.15, 0.2) is 10.6 Å². The van der Waals surface area contributed by atoms with Gasteiger partial charge >= 0.3 is 0 Å². The number of rotatable bonds is 2. The average molecular weight is 314 g/mol. The summed E-state index contributed by atoms with van der Waals surface area (Å²) in [5, 5.41) is 16.5. The minimum absolute atomic E-state index is 0.382. The van der Waals surface area contributed by atoms with Crippen LogP contribution in [0.3, 0.4) is 0 Å². The van der Waals surface area contributed by atoms with Crippen LogP contribution in [0.1, 0.15) is 5.56 Å². The number of pyridine rings is 1. The van der Waals surface area contributed by atoms with E-state index in [-0.39, 0.29) is 0 Å². The number of benzene rings is 1. The van der Waals surface area contributed by atoms with Crippen LogP contribution in [0, 0.1) is 16.1 Å². The van der Waals surface area contributed by atoms with Crippen LogP contribution >= 0.6 is 23.8 Å². The Kier molecular flexibility index (Phi) is 3.52. The zero-order valence-electron chi connectivity index (χ0n) is 10.6. The smallest absolute Gasteiger partial charge is 0.200 e. The maximum atomic E-state index is 9.04. The number of halogens is 1. The molecule has 0 unspecified atom stereocenters. The fourth-order valence-electron chi connectivity index (χ4n) is 1.94. The molecular formula is C14H8ClN5S. The van der Waals surface area contributed by atoms with Crippen molar-refractivity contribution in [2.75, 3.05) is 0 Å². The SMILES string of the molecule is N#Cc1ccc(Cl)c(-n2c(-c3ccccn3)n[nH]c2=S)c1. The molecule has 21 heavy (non-hydrogen) atoms. The Labute approximate surface area is 130 Å². The molecule has 0 amide bonds. The highest BCUT2D eigenvalue weighted by atomic mass is 35.5. The zero-order chi connectivity index (χ0) is 14.8. The molecule has 0 saturated carbocycles. The summed E-state index contributed by atoms with van der Waals surface area (Å²) in [4.78, 5) is 4.26. The molecule has 2 aromatic heterocycles. The van der Waals surface area contributed by atoms with Crippen LogP contribution in [0.5, 0.6) is 0 Å². The normalized spacial score (nSPS) is 10.3. The first kappa shape index (κ1) is 13.5. The third-order valence-corrected chi connectivity index (χ3v) is 3.48. The average Bonchev–Trinajstić information content (AvgIpc) is 2.90. The molecule has 7 heteroatoms. The molecule has 0 radical (unpaired) electrons.